The van der Waals surface area contributed by atoms with Crippen molar-refractivity contribution in [1.29, 1.82) is 0 Å². The van der Waals surface area contributed by atoms with Crippen molar-refractivity contribution >= 4 is 17.2 Å². The van der Waals surface area contributed by atoms with Gasteiger partial charge >= 0.3 is 0 Å². The predicted molar refractivity (Wildman–Crippen MR) is 77.6 cm³/mol. The largest absolute Gasteiger partial charge is 0.488 e. The van der Waals surface area contributed by atoms with E-state index < -0.39 is 5.91 Å². The summed E-state index contributed by atoms with van der Waals surface area (Å²) in [4.78, 5) is 11.9. The second kappa shape index (κ2) is 6.75. The van der Waals surface area contributed by atoms with Crippen molar-refractivity contribution in [3.63, 3.8) is 0 Å². The van der Waals surface area contributed by atoms with Gasteiger partial charge in [0.1, 0.15) is 19.0 Å². The monoisotopic (exact) mass is 287 g/mol. The van der Waals surface area contributed by atoms with Crippen LogP contribution in [0.2, 0.25) is 0 Å². The molecule has 0 saturated carbocycles. The summed E-state index contributed by atoms with van der Waals surface area (Å²) in [5.41, 5.74) is 6.47. The van der Waals surface area contributed by atoms with Crippen LogP contribution in [0.15, 0.2) is 35.7 Å². The molecule has 0 fully saturated rings. The zero-order valence-corrected chi connectivity index (χ0v) is 11.4. The van der Waals surface area contributed by atoms with Crippen LogP contribution in [0.1, 0.15) is 20.8 Å². The molecule has 3 N–H and O–H groups in total. The maximum absolute atomic E-state index is 10.9. The molecule has 0 aliphatic carbocycles. The van der Waals surface area contributed by atoms with Gasteiger partial charge in [0.15, 0.2) is 0 Å². The molecule has 0 saturated heterocycles. The molecule has 1 amide bonds. The van der Waals surface area contributed by atoms with Gasteiger partial charge in [-0.2, -0.15) is 0 Å². The first kappa shape index (κ1) is 14.1. The number of aliphatic hydroxyl groups excluding tert-OH is 1. The van der Waals surface area contributed by atoms with Crippen LogP contribution in [0.5, 0.6) is 5.75 Å². The molecule has 0 radical (unpaired) electrons. The molecular weight excluding hydrogens is 274 g/mol. The number of amides is 1. The summed E-state index contributed by atoms with van der Waals surface area (Å²) in [5.74, 6) is 5.68. The van der Waals surface area contributed by atoms with E-state index in [1.165, 1.54) is 0 Å². The van der Waals surface area contributed by atoms with Gasteiger partial charge in [-0.25, -0.2) is 0 Å². The molecule has 0 aliphatic rings. The quantitative estimate of drug-likeness (QED) is 0.842. The van der Waals surface area contributed by atoms with E-state index in [9.17, 15) is 4.79 Å². The van der Waals surface area contributed by atoms with E-state index in [2.05, 4.69) is 11.8 Å². The highest BCUT2D eigenvalue weighted by atomic mass is 32.1. The van der Waals surface area contributed by atoms with Crippen molar-refractivity contribution in [2.24, 2.45) is 5.73 Å². The van der Waals surface area contributed by atoms with Gasteiger partial charge in [0, 0.05) is 11.1 Å². The molecule has 1 aromatic carbocycles. The first-order chi connectivity index (χ1) is 9.70. The van der Waals surface area contributed by atoms with Gasteiger partial charge in [0.2, 0.25) is 5.91 Å². The maximum atomic E-state index is 10.9. The molecule has 0 bridgehead atoms. The van der Waals surface area contributed by atoms with Crippen molar-refractivity contribution in [1.82, 2.24) is 0 Å². The summed E-state index contributed by atoms with van der Waals surface area (Å²) >= 11 is 1.54. The van der Waals surface area contributed by atoms with Gasteiger partial charge in [-0.15, -0.1) is 11.3 Å². The zero-order valence-electron chi connectivity index (χ0n) is 10.6. The molecule has 2 aromatic rings. The normalized spacial score (nSPS) is 9.65. The van der Waals surface area contributed by atoms with Crippen LogP contribution in [-0.4, -0.2) is 17.6 Å². The molecule has 2 rings (SSSR count). The van der Waals surface area contributed by atoms with Crippen LogP contribution in [0.3, 0.4) is 0 Å². The maximum Gasteiger partial charge on any atom is 0.248 e. The third-order valence-corrected chi connectivity index (χ3v) is 3.45. The van der Waals surface area contributed by atoms with Crippen LogP contribution < -0.4 is 10.5 Å². The minimum atomic E-state index is -0.462. The van der Waals surface area contributed by atoms with E-state index in [1.54, 1.807) is 35.6 Å². The number of hydrogen-bond donors (Lipinski definition) is 2. The van der Waals surface area contributed by atoms with Crippen LogP contribution in [0.25, 0.3) is 0 Å². The van der Waals surface area contributed by atoms with E-state index >= 15 is 0 Å². The highest BCUT2D eigenvalue weighted by Crippen LogP contribution is 2.19. The summed E-state index contributed by atoms with van der Waals surface area (Å²) in [5, 5.41) is 10.6. The second-order valence-electron chi connectivity index (χ2n) is 3.89. The number of primary amides is 1. The molecule has 0 spiro atoms. The van der Waals surface area contributed by atoms with Crippen LogP contribution in [-0.2, 0) is 6.61 Å². The fourth-order valence-corrected chi connectivity index (χ4v) is 2.30. The number of ether oxygens (including phenoxy) is 1. The summed E-state index contributed by atoms with van der Waals surface area (Å²) in [6.45, 7) is 0.230. The standard InChI is InChI=1S/C15H13NO3S/c16-15(18)12-3-5-13(6-4-12)19-10-14-11(2-1-8-17)7-9-20-14/h3-7,9,17H,8,10H2,(H2,16,18). The molecule has 0 aliphatic heterocycles. The summed E-state index contributed by atoms with van der Waals surface area (Å²) in [6.07, 6.45) is 0. The van der Waals surface area contributed by atoms with Gasteiger partial charge in [-0.3, -0.25) is 4.79 Å². The lowest BCUT2D eigenvalue weighted by Gasteiger charge is -2.05. The van der Waals surface area contributed by atoms with Gasteiger partial charge in [-0.1, -0.05) is 11.8 Å². The van der Waals surface area contributed by atoms with Crippen molar-refractivity contribution in [2.75, 3.05) is 6.61 Å². The average Bonchev–Trinajstić information content (AvgIpc) is 2.90. The zero-order chi connectivity index (χ0) is 14.4. The van der Waals surface area contributed by atoms with Crippen molar-refractivity contribution in [2.45, 2.75) is 6.61 Å². The number of aliphatic hydroxyl groups is 1. The molecular formula is C15H13NO3S. The minimum Gasteiger partial charge on any atom is -0.488 e. The third kappa shape index (κ3) is 3.60. The van der Waals surface area contributed by atoms with E-state index in [-0.39, 0.29) is 6.61 Å². The number of carbonyl (C=O) groups excluding carboxylic acids is 1. The first-order valence-electron chi connectivity index (χ1n) is 5.89. The fourth-order valence-electron chi connectivity index (χ4n) is 1.56. The lowest BCUT2D eigenvalue weighted by atomic mass is 10.2. The summed E-state index contributed by atoms with van der Waals surface area (Å²) in [7, 11) is 0. The van der Waals surface area contributed by atoms with E-state index in [1.807, 2.05) is 11.4 Å². The Hall–Kier alpha value is -2.29. The highest BCUT2D eigenvalue weighted by molar-refractivity contribution is 7.10. The van der Waals surface area contributed by atoms with Crippen LogP contribution in [0.4, 0.5) is 0 Å². The van der Waals surface area contributed by atoms with Crippen molar-refractivity contribution in [3.8, 4) is 17.6 Å². The smallest absolute Gasteiger partial charge is 0.248 e. The Morgan fingerprint density at radius 2 is 2.05 bits per heavy atom. The van der Waals surface area contributed by atoms with Gasteiger partial charge < -0.3 is 15.6 Å². The van der Waals surface area contributed by atoms with Crippen LogP contribution in [0, 0.1) is 11.8 Å². The van der Waals surface area contributed by atoms with E-state index in [4.69, 9.17) is 15.6 Å². The second-order valence-corrected chi connectivity index (χ2v) is 4.90. The molecule has 102 valence electrons. The first-order valence-corrected chi connectivity index (χ1v) is 6.77. The van der Waals surface area contributed by atoms with Crippen molar-refractivity contribution in [3.05, 3.63) is 51.7 Å². The molecule has 1 aromatic heterocycles. The molecule has 1 heterocycles. The lowest BCUT2D eigenvalue weighted by Crippen LogP contribution is -2.10. The Morgan fingerprint density at radius 1 is 1.30 bits per heavy atom. The number of carbonyl (C=O) groups is 1. The van der Waals surface area contributed by atoms with Gasteiger partial charge in [0.25, 0.3) is 0 Å². The number of rotatable bonds is 4. The molecule has 0 unspecified atom stereocenters. The number of hydrogen-bond acceptors (Lipinski definition) is 4. The number of nitrogens with two attached hydrogens (primary N) is 1. The summed E-state index contributed by atoms with van der Waals surface area (Å²) in [6, 6.07) is 8.54. The van der Waals surface area contributed by atoms with E-state index in [0.29, 0.717) is 17.9 Å². The lowest BCUT2D eigenvalue weighted by molar-refractivity contribution is 0.1000. The molecule has 0 atom stereocenters. The topological polar surface area (TPSA) is 72.6 Å². The Labute approximate surface area is 120 Å². The number of benzene rings is 1. The Morgan fingerprint density at radius 3 is 2.70 bits per heavy atom. The third-order valence-electron chi connectivity index (χ3n) is 2.56. The Balaban J connectivity index is 2.02. The minimum absolute atomic E-state index is 0.162. The van der Waals surface area contributed by atoms with Crippen LogP contribution >= 0.6 is 11.3 Å². The Bertz CT molecular complexity index is 650. The van der Waals surface area contributed by atoms with Crippen molar-refractivity contribution < 1.29 is 14.6 Å². The molecule has 4 nitrogen and oxygen atoms in total. The Kier molecular flexibility index (Phi) is 4.77. The van der Waals surface area contributed by atoms with Gasteiger partial charge in [0.05, 0.1) is 4.88 Å². The SMILES string of the molecule is NC(=O)c1ccc(OCc2sccc2C#CCO)cc1. The predicted octanol–water partition coefficient (Wildman–Crippen LogP) is 1.77. The van der Waals surface area contributed by atoms with Gasteiger partial charge in [-0.05, 0) is 35.7 Å². The highest BCUT2D eigenvalue weighted by Gasteiger charge is 2.04. The molecule has 20 heavy (non-hydrogen) atoms. The van der Waals surface area contributed by atoms with E-state index in [0.717, 1.165) is 10.4 Å². The average molecular weight is 287 g/mol. The number of thiophene rings is 1. The summed E-state index contributed by atoms with van der Waals surface area (Å²) < 4.78 is 5.63. The fraction of sp³-hybridized carbons (Fsp3) is 0.133. The molecule has 5 heteroatoms.